The fourth-order valence-corrected chi connectivity index (χ4v) is 4.98. The number of nitrogens with one attached hydrogen (secondary N) is 1. The number of rotatable bonds is 4. The van der Waals surface area contributed by atoms with E-state index < -0.39 is 0 Å². The van der Waals surface area contributed by atoms with Crippen molar-refractivity contribution in [2.45, 2.75) is 38.8 Å². The number of para-hydroxylation sites is 1. The molecule has 0 unspecified atom stereocenters. The van der Waals surface area contributed by atoms with Crippen LogP contribution in [0, 0.1) is 5.82 Å². The highest BCUT2D eigenvalue weighted by Gasteiger charge is 2.23. The minimum atomic E-state index is -0.220. The van der Waals surface area contributed by atoms with Gasteiger partial charge in [-0.25, -0.2) is 14.4 Å². The van der Waals surface area contributed by atoms with Gasteiger partial charge in [-0.15, -0.1) is 0 Å². The molecule has 2 aliphatic heterocycles. The van der Waals surface area contributed by atoms with E-state index in [0.29, 0.717) is 0 Å². The average Bonchev–Trinajstić information content (AvgIpc) is 3.23. The molecule has 6 rings (SSSR count). The van der Waals surface area contributed by atoms with Gasteiger partial charge >= 0.3 is 0 Å². The van der Waals surface area contributed by atoms with E-state index in [1.807, 2.05) is 24.4 Å². The fraction of sp³-hybridized carbons (Fsp3) is 0.296. The van der Waals surface area contributed by atoms with E-state index in [1.165, 1.54) is 35.1 Å². The smallest absolute Gasteiger partial charge is 0.173 e. The Hall–Kier alpha value is -3.38. The Kier molecular flexibility index (Phi) is 5.23. The summed E-state index contributed by atoms with van der Waals surface area (Å²) in [4.78, 5) is 20.2. The Labute approximate surface area is 192 Å². The summed E-state index contributed by atoms with van der Waals surface area (Å²) in [5, 5.41) is 1.21. The number of H-pyrrole nitrogens is 1. The van der Waals surface area contributed by atoms with Crippen LogP contribution in [0.1, 0.15) is 41.9 Å². The molecule has 0 aliphatic carbocycles. The highest BCUT2D eigenvalue weighted by Crippen LogP contribution is 2.32. The Morgan fingerprint density at radius 2 is 1.88 bits per heavy atom. The second-order valence-electron chi connectivity index (χ2n) is 8.94. The Morgan fingerprint density at radius 1 is 1.00 bits per heavy atom. The molecule has 0 amide bonds. The molecule has 0 saturated heterocycles. The minimum absolute atomic E-state index is 0.220. The summed E-state index contributed by atoms with van der Waals surface area (Å²) in [6.07, 6.45) is 6.23. The molecular weight excluding hydrogens is 413 g/mol. The Bertz CT molecular complexity index is 1340. The standard InChI is InChI=1S/C27H26FN5/c28-20-10-8-18(9-11-20)26-22(21-5-1-2-6-24(21)31-26)17-33-14-12-23-19(16-33)15-30-27(32-23)25-7-3-4-13-29-25/h1-2,5-6,8-11,15,31H,3-4,7,12-14,16-17H2. The molecule has 5 nitrogen and oxygen atoms in total. The van der Waals surface area contributed by atoms with Gasteiger partial charge in [0.05, 0.1) is 17.1 Å². The molecule has 166 valence electrons. The van der Waals surface area contributed by atoms with E-state index in [2.05, 4.69) is 38.1 Å². The van der Waals surface area contributed by atoms with Crippen LogP contribution in [0.15, 0.2) is 59.7 Å². The monoisotopic (exact) mass is 439 g/mol. The summed E-state index contributed by atoms with van der Waals surface area (Å²) in [5.74, 6) is 0.597. The summed E-state index contributed by atoms with van der Waals surface area (Å²) in [5.41, 5.74) is 7.83. The first-order valence-corrected chi connectivity index (χ1v) is 11.7. The summed E-state index contributed by atoms with van der Waals surface area (Å²) in [6, 6.07) is 15.1. The van der Waals surface area contributed by atoms with Gasteiger partial charge in [0.1, 0.15) is 5.82 Å². The SMILES string of the molecule is Fc1ccc(-c2[nH]c3ccccc3c2CN2CCc3nc(C4=NCCCC4)ncc3C2)cc1. The third-order valence-electron chi connectivity index (χ3n) is 6.72. The lowest BCUT2D eigenvalue weighted by Crippen LogP contribution is -2.31. The molecular formula is C27H26FN5. The number of aromatic amines is 1. The number of aromatic nitrogens is 3. The number of halogens is 1. The zero-order chi connectivity index (χ0) is 22.2. The molecule has 2 aliphatic rings. The van der Waals surface area contributed by atoms with E-state index in [9.17, 15) is 4.39 Å². The van der Waals surface area contributed by atoms with Crippen LogP contribution in [-0.4, -0.2) is 38.7 Å². The van der Waals surface area contributed by atoms with E-state index in [-0.39, 0.29) is 5.82 Å². The number of fused-ring (bicyclic) bond motifs is 2. The minimum Gasteiger partial charge on any atom is -0.354 e. The third kappa shape index (κ3) is 3.95. The molecule has 2 aromatic heterocycles. The zero-order valence-corrected chi connectivity index (χ0v) is 18.5. The normalized spacial score (nSPS) is 16.6. The van der Waals surface area contributed by atoms with Gasteiger partial charge in [-0.3, -0.25) is 9.89 Å². The molecule has 4 aromatic rings. The van der Waals surface area contributed by atoms with Crippen molar-refractivity contribution in [3.8, 4) is 11.3 Å². The lowest BCUT2D eigenvalue weighted by atomic mass is 10.0. The van der Waals surface area contributed by atoms with Crippen molar-refractivity contribution in [3.05, 3.63) is 83.2 Å². The van der Waals surface area contributed by atoms with Crippen LogP contribution in [0.3, 0.4) is 0 Å². The molecule has 0 radical (unpaired) electrons. The lowest BCUT2D eigenvalue weighted by molar-refractivity contribution is 0.244. The molecule has 0 atom stereocenters. The van der Waals surface area contributed by atoms with Crippen LogP contribution in [0.5, 0.6) is 0 Å². The maximum absolute atomic E-state index is 13.5. The van der Waals surface area contributed by atoms with Gasteiger partial charge in [-0.1, -0.05) is 18.2 Å². The van der Waals surface area contributed by atoms with Crippen LogP contribution in [0.25, 0.3) is 22.2 Å². The molecule has 0 fully saturated rings. The average molecular weight is 440 g/mol. The van der Waals surface area contributed by atoms with Gasteiger partial charge in [0.25, 0.3) is 0 Å². The molecule has 0 saturated carbocycles. The summed E-state index contributed by atoms with van der Waals surface area (Å²) in [7, 11) is 0. The van der Waals surface area contributed by atoms with Crippen LogP contribution in [0.4, 0.5) is 4.39 Å². The first kappa shape index (κ1) is 20.2. The number of aliphatic imine (C=N–C) groups is 1. The van der Waals surface area contributed by atoms with E-state index in [4.69, 9.17) is 4.98 Å². The van der Waals surface area contributed by atoms with Gasteiger partial charge in [0.2, 0.25) is 0 Å². The van der Waals surface area contributed by atoms with Crippen molar-refractivity contribution in [1.82, 2.24) is 19.9 Å². The van der Waals surface area contributed by atoms with E-state index in [0.717, 1.165) is 79.4 Å². The maximum atomic E-state index is 13.5. The highest BCUT2D eigenvalue weighted by molar-refractivity contribution is 5.97. The van der Waals surface area contributed by atoms with Gasteiger partial charge < -0.3 is 4.98 Å². The number of hydrogen-bond acceptors (Lipinski definition) is 4. The van der Waals surface area contributed by atoms with Gasteiger partial charge in [-0.05, 0) is 60.7 Å². The van der Waals surface area contributed by atoms with Crippen molar-refractivity contribution in [2.75, 3.05) is 13.1 Å². The van der Waals surface area contributed by atoms with E-state index >= 15 is 0 Å². The van der Waals surface area contributed by atoms with Crippen molar-refractivity contribution in [3.63, 3.8) is 0 Å². The first-order chi connectivity index (χ1) is 16.2. The summed E-state index contributed by atoms with van der Waals surface area (Å²) in [6.45, 7) is 3.47. The quantitative estimate of drug-likeness (QED) is 0.470. The van der Waals surface area contributed by atoms with Gasteiger partial charge in [-0.2, -0.15) is 0 Å². The van der Waals surface area contributed by atoms with Crippen LogP contribution >= 0.6 is 0 Å². The zero-order valence-electron chi connectivity index (χ0n) is 18.5. The molecule has 6 heteroatoms. The first-order valence-electron chi connectivity index (χ1n) is 11.7. The molecule has 4 heterocycles. The van der Waals surface area contributed by atoms with E-state index in [1.54, 1.807) is 0 Å². The number of benzene rings is 2. The second-order valence-corrected chi connectivity index (χ2v) is 8.94. The van der Waals surface area contributed by atoms with Crippen molar-refractivity contribution in [1.29, 1.82) is 0 Å². The third-order valence-corrected chi connectivity index (χ3v) is 6.72. The van der Waals surface area contributed by atoms with Crippen molar-refractivity contribution < 1.29 is 4.39 Å². The van der Waals surface area contributed by atoms with Gasteiger partial charge in [0, 0.05) is 55.3 Å². The van der Waals surface area contributed by atoms with Crippen LogP contribution in [0.2, 0.25) is 0 Å². The van der Waals surface area contributed by atoms with Crippen molar-refractivity contribution >= 4 is 16.6 Å². The number of nitrogens with zero attached hydrogens (tertiary/aromatic N) is 4. The molecule has 2 aromatic carbocycles. The Morgan fingerprint density at radius 3 is 2.73 bits per heavy atom. The lowest BCUT2D eigenvalue weighted by Gasteiger charge is -2.28. The van der Waals surface area contributed by atoms with Crippen molar-refractivity contribution in [2.24, 2.45) is 4.99 Å². The van der Waals surface area contributed by atoms with Gasteiger partial charge in [0.15, 0.2) is 5.82 Å². The topological polar surface area (TPSA) is 57.2 Å². The largest absolute Gasteiger partial charge is 0.354 e. The predicted octanol–water partition coefficient (Wildman–Crippen LogP) is 5.30. The molecule has 0 spiro atoms. The number of hydrogen-bond donors (Lipinski definition) is 1. The Balaban J connectivity index is 1.29. The van der Waals surface area contributed by atoms with Crippen LogP contribution < -0.4 is 0 Å². The second kappa shape index (κ2) is 8.52. The summed E-state index contributed by atoms with van der Waals surface area (Å²) < 4.78 is 13.5. The summed E-state index contributed by atoms with van der Waals surface area (Å²) >= 11 is 0. The van der Waals surface area contributed by atoms with Crippen LogP contribution in [-0.2, 0) is 19.5 Å². The molecule has 33 heavy (non-hydrogen) atoms. The highest BCUT2D eigenvalue weighted by atomic mass is 19.1. The maximum Gasteiger partial charge on any atom is 0.173 e. The predicted molar refractivity (Wildman–Crippen MR) is 129 cm³/mol. The molecule has 0 bridgehead atoms. The molecule has 1 N–H and O–H groups in total. The fourth-order valence-electron chi connectivity index (χ4n) is 4.98.